The molecule has 0 bridgehead atoms. The van der Waals surface area contributed by atoms with Crippen LogP contribution in [0.1, 0.15) is 17.1 Å². The summed E-state index contributed by atoms with van der Waals surface area (Å²) in [7, 11) is 0. The van der Waals surface area contributed by atoms with Crippen LogP contribution in [0.2, 0.25) is 0 Å². The maximum atomic E-state index is 5.77. The van der Waals surface area contributed by atoms with Crippen molar-refractivity contribution in [3.63, 3.8) is 0 Å². The van der Waals surface area contributed by atoms with Crippen LogP contribution in [-0.2, 0) is 6.61 Å². The summed E-state index contributed by atoms with van der Waals surface area (Å²) in [5.41, 5.74) is 2.88. The molecule has 0 aliphatic heterocycles. The molecule has 2 heterocycles. The summed E-state index contributed by atoms with van der Waals surface area (Å²) < 4.78 is 13.2. The molecule has 0 atom stereocenters. The Morgan fingerprint density at radius 3 is 2.62 bits per heavy atom. The summed E-state index contributed by atoms with van der Waals surface area (Å²) in [6.45, 7) is 0.354. The van der Waals surface area contributed by atoms with Crippen LogP contribution < -0.4 is 4.74 Å². The van der Waals surface area contributed by atoms with Crippen molar-refractivity contribution in [2.75, 3.05) is 0 Å². The van der Waals surface area contributed by atoms with Crippen LogP contribution in [0.3, 0.4) is 0 Å². The highest BCUT2D eigenvalue weighted by Crippen LogP contribution is 2.17. The Morgan fingerprint density at radius 1 is 1.00 bits per heavy atom. The molecule has 0 aliphatic carbocycles. The fourth-order valence-electron chi connectivity index (χ4n) is 2.48. The van der Waals surface area contributed by atoms with Gasteiger partial charge in [-0.2, -0.15) is 0 Å². The number of hydrogen-bond donors (Lipinski definition) is 0. The molecule has 0 N–H and O–H groups in total. The lowest BCUT2D eigenvalue weighted by molar-refractivity contribution is 0.301. The predicted octanol–water partition coefficient (Wildman–Crippen LogP) is 4.61. The number of aromatic nitrogens is 3. The smallest absolute Gasteiger partial charge is 0.218 e. The van der Waals surface area contributed by atoms with Gasteiger partial charge in [-0.1, -0.05) is 30.3 Å². The van der Waals surface area contributed by atoms with Crippen molar-refractivity contribution >= 4 is 12.2 Å². The first kappa shape index (κ1) is 15.9. The Hall–Kier alpha value is -3.60. The number of ether oxygens (including phenoxy) is 1. The van der Waals surface area contributed by atoms with Gasteiger partial charge in [-0.05, 0) is 35.9 Å². The van der Waals surface area contributed by atoms with Gasteiger partial charge < -0.3 is 13.7 Å². The maximum absolute atomic E-state index is 5.77. The molecule has 128 valence electrons. The molecular formula is C21H17N3O2. The van der Waals surface area contributed by atoms with Crippen molar-refractivity contribution < 1.29 is 9.15 Å². The van der Waals surface area contributed by atoms with Crippen LogP contribution in [-0.4, -0.2) is 14.5 Å². The van der Waals surface area contributed by atoms with E-state index in [9.17, 15) is 0 Å². The van der Waals surface area contributed by atoms with Crippen molar-refractivity contribution in [2.24, 2.45) is 0 Å². The number of hydrogen-bond acceptors (Lipinski definition) is 4. The molecule has 2 aromatic carbocycles. The van der Waals surface area contributed by atoms with Gasteiger partial charge in [0.2, 0.25) is 5.89 Å². The van der Waals surface area contributed by atoms with E-state index in [1.165, 1.54) is 0 Å². The highest BCUT2D eigenvalue weighted by molar-refractivity contribution is 5.65. The molecular weight excluding hydrogens is 326 g/mol. The van der Waals surface area contributed by atoms with Gasteiger partial charge in [0.05, 0.1) is 6.33 Å². The first-order valence-electron chi connectivity index (χ1n) is 8.25. The number of imidazole rings is 1. The average molecular weight is 343 g/mol. The van der Waals surface area contributed by atoms with Crippen molar-refractivity contribution in [2.45, 2.75) is 6.61 Å². The van der Waals surface area contributed by atoms with E-state index >= 15 is 0 Å². The molecule has 5 heteroatoms. The second-order valence-electron chi connectivity index (χ2n) is 5.67. The van der Waals surface area contributed by atoms with Crippen LogP contribution >= 0.6 is 0 Å². The number of nitrogens with zero attached hydrogens (tertiary/aromatic N) is 3. The lowest BCUT2D eigenvalue weighted by Crippen LogP contribution is -1.96. The first-order valence-corrected chi connectivity index (χ1v) is 8.25. The predicted molar refractivity (Wildman–Crippen MR) is 99.8 cm³/mol. The molecule has 0 fully saturated rings. The summed E-state index contributed by atoms with van der Waals surface area (Å²) in [6, 6.07) is 17.8. The van der Waals surface area contributed by atoms with Gasteiger partial charge in [-0.3, -0.25) is 0 Å². The molecule has 26 heavy (non-hydrogen) atoms. The first-order chi connectivity index (χ1) is 12.9. The minimum atomic E-state index is 0.354. The Morgan fingerprint density at radius 2 is 1.85 bits per heavy atom. The van der Waals surface area contributed by atoms with Crippen LogP contribution in [0.25, 0.3) is 17.8 Å². The third-order valence-electron chi connectivity index (χ3n) is 3.81. The maximum Gasteiger partial charge on any atom is 0.218 e. The van der Waals surface area contributed by atoms with E-state index in [0.29, 0.717) is 12.5 Å². The normalized spacial score (nSPS) is 11.1. The molecule has 0 saturated heterocycles. The lowest BCUT2D eigenvalue weighted by atomic mass is 10.2. The molecule has 0 spiro atoms. The highest BCUT2D eigenvalue weighted by atomic mass is 16.5. The SMILES string of the molecule is C(=Cc1nc(COc2ccc(-n3ccnc3)cc2)co1)c1ccccc1. The van der Waals surface area contributed by atoms with Gasteiger partial charge in [0, 0.05) is 24.2 Å². The number of oxazole rings is 1. The fraction of sp³-hybridized carbons (Fsp3) is 0.0476. The minimum absolute atomic E-state index is 0.354. The summed E-state index contributed by atoms with van der Waals surface area (Å²) in [6.07, 6.45) is 10.8. The minimum Gasteiger partial charge on any atom is -0.487 e. The van der Waals surface area contributed by atoms with Gasteiger partial charge in [-0.25, -0.2) is 9.97 Å². The third kappa shape index (κ3) is 3.89. The molecule has 4 rings (SSSR count). The molecule has 2 aromatic heterocycles. The summed E-state index contributed by atoms with van der Waals surface area (Å²) >= 11 is 0. The van der Waals surface area contributed by atoms with Gasteiger partial charge in [0.25, 0.3) is 0 Å². The van der Waals surface area contributed by atoms with Gasteiger partial charge in [0.1, 0.15) is 24.3 Å². The number of benzene rings is 2. The standard InChI is InChI=1S/C21H17N3O2/c1-2-4-17(5-3-1)6-11-21-23-18(15-26-21)14-25-20-9-7-19(8-10-20)24-13-12-22-16-24/h1-13,15-16H,14H2. The summed E-state index contributed by atoms with van der Waals surface area (Å²) in [4.78, 5) is 8.45. The summed E-state index contributed by atoms with van der Waals surface area (Å²) in [5, 5.41) is 0. The zero-order chi connectivity index (χ0) is 17.6. The third-order valence-corrected chi connectivity index (χ3v) is 3.81. The highest BCUT2D eigenvalue weighted by Gasteiger charge is 2.03. The molecule has 0 aliphatic rings. The average Bonchev–Trinajstić information content (AvgIpc) is 3.38. The van der Waals surface area contributed by atoms with E-state index in [1.54, 1.807) is 18.8 Å². The Labute approximate surface area is 151 Å². The fourth-order valence-corrected chi connectivity index (χ4v) is 2.48. The van der Waals surface area contributed by atoms with Crippen molar-refractivity contribution in [1.82, 2.24) is 14.5 Å². The second kappa shape index (κ2) is 7.53. The van der Waals surface area contributed by atoms with Crippen LogP contribution in [0.4, 0.5) is 0 Å². The van der Waals surface area contributed by atoms with E-state index in [2.05, 4.69) is 9.97 Å². The van der Waals surface area contributed by atoms with E-state index < -0.39 is 0 Å². The topological polar surface area (TPSA) is 53.1 Å². The Kier molecular flexibility index (Phi) is 4.60. The van der Waals surface area contributed by atoms with Gasteiger partial charge >= 0.3 is 0 Å². The molecule has 0 radical (unpaired) electrons. The van der Waals surface area contributed by atoms with Crippen molar-refractivity contribution in [3.05, 3.63) is 96.7 Å². The number of rotatable bonds is 6. The molecule has 0 saturated carbocycles. The van der Waals surface area contributed by atoms with E-state index in [1.807, 2.05) is 77.5 Å². The lowest BCUT2D eigenvalue weighted by Gasteiger charge is -2.06. The quantitative estimate of drug-likeness (QED) is 0.513. The zero-order valence-corrected chi connectivity index (χ0v) is 14.0. The molecule has 4 aromatic rings. The van der Waals surface area contributed by atoms with E-state index in [4.69, 9.17) is 9.15 Å². The molecule has 0 amide bonds. The van der Waals surface area contributed by atoms with Gasteiger partial charge in [0.15, 0.2) is 0 Å². The van der Waals surface area contributed by atoms with Crippen molar-refractivity contribution in [3.8, 4) is 11.4 Å². The Bertz CT molecular complexity index is 972. The van der Waals surface area contributed by atoms with E-state index in [0.717, 1.165) is 22.7 Å². The monoisotopic (exact) mass is 343 g/mol. The van der Waals surface area contributed by atoms with Crippen molar-refractivity contribution in [1.29, 1.82) is 0 Å². The van der Waals surface area contributed by atoms with E-state index in [-0.39, 0.29) is 0 Å². The van der Waals surface area contributed by atoms with Crippen LogP contribution in [0, 0.1) is 0 Å². The second-order valence-corrected chi connectivity index (χ2v) is 5.67. The van der Waals surface area contributed by atoms with Crippen LogP contribution in [0.15, 0.2) is 84.0 Å². The van der Waals surface area contributed by atoms with Crippen LogP contribution in [0.5, 0.6) is 5.75 Å². The Balaban J connectivity index is 1.35. The zero-order valence-electron chi connectivity index (χ0n) is 14.0. The van der Waals surface area contributed by atoms with Gasteiger partial charge in [-0.15, -0.1) is 0 Å². The molecule has 0 unspecified atom stereocenters. The molecule has 5 nitrogen and oxygen atoms in total. The largest absolute Gasteiger partial charge is 0.487 e. The summed E-state index contributed by atoms with van der Waals surface area (Å²) in [5.74, 6) is 1.33.